The number of methoxy groups -OCH3 is 1. The van der Waals surface area contributed by atoms with Crippen molar-refractivity contribution in [3.05, 3.63) is 11.3 Å². The molecule has 2 aliphatic heterocycles. The van der Waals surface area contributed by atoms with Gasteiger partial charge in [0.2, 0.25) is 0 Å². The number of nitrogens with zero attached hydrogens (tertiary/aromatic N) is 1. The fourth-order valence-electron chi connectivity index (χ4n) is 2.14. The number of hydrogen-bond donors (Lipinski definition) is 1. The van der Waals surface area contributed by atoms with E-state index in [9.17, 15) is 9.59 Å². The van der Waals surface area contributed by atoms with Crippen molar-refractivity contribution in [3.8, 4) is 0 Å². The predicted octanol–water partition coefficient (Wildman–Crippen LogP) is -0.0239. The van der Waals surface area contributed by atoms with Crippen LogP contribution in [0.2, 0.25) is 0 Å². The zero-order chi connectivity index (χ0) is 10.3. The van der Waals surface area contributed by atoms with Crippen LogP contribution in [-0.2, 0) is 14.3 Å². The van der Waals surface area contributed by atoms with E-state index in [1.807, 2.05) is 0 Å². The van der Waals surface area contributed by atoms with Gasteiger partial charge in [0.25, 0.3) is 5.91 Å². The number of carbonyl (C=O) groups excluding carboxylic acids is 1. The van der Waals surface area contributed by atoms with Crippen molar-refractivity contribution in [2.75, 3.05) is 13.7 Å². The molecule has 76 valence electrons. The van der Waals surface area contributed by atoms with E-state index in [1.54, 1.807) is 4.90 Å². The van der Waals surface area contributed by atoms with E-state index < -0.39 is 5.97 Å². The fraction of sp³-hybridized carbons (Fsp3) is 0.556. The Morgan fingerprint density at radius 2 is 2.36 bits per heavy atom. The standard InChI is InChI=1S/C9H11NO4/c1-14-7-6(9(12)13)5-3-2-4-10(5)8(7)11/h5H,2-4H2,1H3,(H,12,13). The monoisotopic (exact) mass is 197 g/mol. The number of carboxylic acid groups (broad SMARTS) is 1. The van der Waals surface area contributed by atoms with Crippen molar-refractivity contribution >= 4 is 11.9 Å². The molecule has 0 saturated carbocycles. The number of carboxylic acids is 1. The summed E-state index contributed by atoms with van der Waals surface area (Å²) in [5.74, 6) is -1.33. The van der Waals surface area contributed by atoms with Crippen molar-refractivity contribution in [1.29, 1.82) is 0 Å². The maximum atomic E-state index is 11.6. The highest BCUT2D eigenvalue weighted by Gasteiger charge is 2.45. The molecule has 1 fully saturated rings. The lowest BCUT2D eigenvalue weighted by Gasteiger charge is -2.15. The van der Waals surface area contributed by atoms with E-state index in [0.29, 0.717) is 6.54 Å². The summed E-state index contributed by atoms with van der Waals surface area (Å²) in [4.78, 5) is 24.1. The second-order valence-electron chi connectivity index (χ2n) is 3.41. The Morgan fingerprint density at radius 3 is 2.93 bits per heavy atom. The summed E-state index contributed by atoms with van der Waals surface area (Å²) in [6.07, 6.45) is 1.59. The molecule has 1 saturated heterocycles. The van der Waals surface area contributed by atoms with Gasteiger partial charge < -0.3 is 14.7 Å². The number of hydrogen-bond acceptors (Lipinski definition) is 3. The molecule has 0 aliphatic carbocycles. The average Bonchev–Trinajstić information content (AvgIpc) is 2.67. The summed E-state index contributed by atoms with van der Waals surface area (Å²) in [7, 11) is 1.33. The quantitative estimate of drug-likeness (QED) is 0.675. The molecule has 2 rings (SSSR count). The maximum Gasteiger partial charge on any atom is 0.337 e. The topological polar surface area (TPSA) is 66.8 Å². The zero-order valence-electron chi connectivity index (χ0n) is 7.82. The van der Waals surface area contributed by atoms with Crippen molar-refractivity contribution in [2.24, 2.45) is 0 Å². The van der Waals surface area contributed by atoms with Crippen LogP contribution in [0.3, 0.4) is 0 Å². The minimum atomic E-state index is -1.05. The van der Waals surface area contributed by atoms with Gasteiger partial charge in [0.05, 0.1) is 13.2 Å². The second-order valence-corrected chi connectivity index (χ2v) is 3.41. The lowest BCUT2D eigenvalue weighted by molar-refractivity contribution is -0.133. The Hall–Kier alpha value is -1.52. The Morgan fingerprint density at radius 1 is 1.64 bits per heavy atom. The van der Waals surface area contributed by atoms with Crippen LogP contribution in [0, 0.1) is 0 Å². The SMILES string of the molecule is COC1=C(C(=O)O)C2CCCN2C1=O. The molecule has 14 heavy (non-hydrogen) atoms. The first-order chi connectivity index (χ1) is 6.66. The van der Waals surface area contributed by atoms with E-state index in [-0.39, 0.29) is 23.3 Å². The molecular formula is C9H11NO4. The third kappa shape index (κ3) is 1.01. The smallest absolute Gasteiger partial charge is 0.337 e. The van der Waals surface area contributed by atoms with Crippen LogP contribution in [0.25, 0.3) is 0 Å². The number of aliphatic carboxylic acids is 1. The maximum absolute atomic E-state index is 11.6. The molecule has 5 nitrogen and oxygen atoms in total. The highest BCUT2D eigenvalue weighted by atomic mass is 16.5. The Balaban J connectivity index is 2.43. The summed E-state index contributed by atoms with van der Waals surface area (Å²) >= 11 is 0. The van der Waals surface area contributed by atoms with E-state index >= 15 is 0 Å². The lowest BCUT2D eigenvalue weighted by Crippen LogP contribution is -2.31. The second kappa shape index (κ2) is 3.01. The number of fused-ring (bicyclic) bond motifs is 1. The molecule has 0 radical (unpaired) electrons. The van der Waals surface area contributed by atoms with Crippen LogP contribution in [0.15, 0.2) is 11.3 Å². The molecule has 0 bridgehead atoms. The third-order valence-electron chi connectivity index (χ3n) is 2.72. The predicted molar refractivity (Wildman–Crippen MR) is 46.4 cm³/mol. The first kappa shape index (κ1) is 9.05. The summed E-state index contributed by atoms with van der Waals surface area (Å²) in [5, 5.41) is 8.96. The van der Waals surface area contributed by atoms with Crippen molar-refractivity contribution in [1.82, 2.24) is 4.90 Å². The molecule has 1 amide bonds. The van der Waals surface area contributed by atoms with E-state index in [0.717, 1.165) is 12.8 Å². The van der Waals surface area contributed by atoms with Gasteiger partial charge in [-0.1, -0.05) is 0 Å². The summed E-state index contributed by atoms with van der Waals surface area (Å²) in [5.41, 5.74) is 0.120. The van der Waals surface area contributed by atoms with Gasteiger partial charge in [0, 0.05) is 6.54 Å². The van der Waals surface area contributed by atoms with Gasteiger partial charge in [-0.25, -0.2) is 4.79 Å². The van der Waals surface area contributed by atoms with Gasteiger partial charge in [-0.2, -0.15) is 0 Å². The van der Waals surface area contributed by atoms with Gasteiger partial charge in [-0.15, -0.1) is 0 Å². The molecule has 2 heterocycles. The summed E-state index contributed by atoms with van der Waals surface area (Å²) < 4.78 is 4.84. The van der Waals surface area contributed by atoms with Gasteiger partial charge in [0.15, 0.2) is 5.76 Å². The van der Waals surface area contributed by atoms with Crippen LogP contribution in [-0.4, -0.2) is 41.6 Å². The molecular weight excluding hydrogens is 186 g/mol. The summed E-state index contributed by atoms with van der Waals surface area (Å²) in [6, 6.07) is -0.269. The Bertz CT molecular complexity index is 334. The minimum Gasteiger partial charge on any atom is -0.491 e. The highest BCUT2D eigenvalue weighted by molar-refractivity contribution is 6.05. The number of carbonyl (C=O) groups is 2. The van der Waals surface area contributed by atoms with Crippen molar-refractivity contribution in [2.45, 2.75) is 18.9 Å². The van der Waals surface area contributed by atoms with Gasteiger partial charge in [0.1, 0.15) is 5.57 Å². The average molecular weight is 197 g/mol. The molecule has 2 aliphatic rings. The largest absolute Gasteiger partial charge is 0.491 e. The Labute approximate surface area is 80.9 Å². The van der Waals surface area contributed by atoms with Crippen molar-refractivity contribution < 1.29 is 19.4 Å². The van der Waals surface area contributed by atoms with Gasteiger partial charge in [-0.05, 0) is 12.8 Å². The first-order valence-corrected chi connectivity index (χ1v) is 4.49. The molecule has 0 spiro atoms. The molecule has 0 aromatic heterocycles. The highest BCUT2D eigenvalue weighted by Crippen LogP contribution is 2.33. The first-order valence-electron chi connectivity index (χ1n) is 4.49. The molecule has 0 aromatic rings. The van der Waals surface area contributed by atoms with Crippen LogP contribution < -0.4 is 0 Å². The summed E-state index contributed by atoms with van der Waals surface area (Å²) in [6.45, 7) is 0.632. The van der Waals surface area contributed by atoms with Gasteiger partial charge in [-0.3, -0.25) is 4.79 Å². The Kier molecular flexibility index (Phi) is 1.94. The molecule has 1 unspecified atom stereocenters. The zero-order valence-corrected chi connectivity index (χ0v) is 7.82. The van der Waals surface area contributed by atoms with Crippen LogP contribution in [0.1, 0.15) is 12.8 Å². The van der Waals surface area contributed by atoms with Crippen LogP contribution in [0.5, 0.6) is 0 Å². The number of rotatable bonds is 2. The van der Waals surface area contributed by atoms with Gasteiger partial charge >= 0.3 is 5.97 Å². The number of amides is 1. The fourth-order valence-corrected chi connectivity index (χ4v) is 2.14. The van der Waals surface area contributed by atoms with E-state index in [2.05, 4.69) is 0 Å². The molecule has 0 aromatic carbocycles. The third-order valence-corrected chi connectivity index (χ3v) is 2.72. The van der Waals surface area contributed by atoms with E-state index in [4.69, 9.17) is 9.84 Å². The van der Waals surface area contributed by atoms with E-state index in [1.165, 1.54) is 7.11 Å². The molecule has 5 heteroatoms. The normalized spacial score (nSPS) is 25.6. The number of ether oxygens (including phenoxy) is 1. The lowest BCUT2D eigenvalue weighted by atomic mass is 10.1. The minimum absolute atomic E-state index is 0.00204. The molecule has 1 atom stereocenters. The van der Waals surface area contributed by atoms with Crippen LogP contribution >= 0.6 is 0 Å². The van der Waals surface area contributed by atoms with Crippen molar-refractivity contribution in [3.63, 3.8) is 0 Å². The molecule has 1 N–H and O–H groups in total. The van der Waals surface area contributed by atoms with Crippen LogP contribution in [0.4, 0.5) is 0 Å².